The van der Waals surface area contributed by atoms with E-state index < -0.39 is 0 Å². The molecule has 19 heavy (non-hydrogen) atoms. The summed E-state index contributed by atoms with van der Waals surface area (Å²) < 4.78 is 19.5. The van der Waals surface area contributed by atoms with Crippen molar-refractivity contribution in [3.8, 4) is 0 Å². The summed E-state index contributed by atoms with van der Waals surface area (Å²) in [6.07, 6.45) is 1.19. The molecule has 1 aliphatic rings. The van der Waals surface area contributed by atoms with Crippen LogP contribution in [-0.4, -0.2) is 35.7 Å². The summed E-state index contributed by atoms with van der Waals surface area (Å²) in [7, 11) is 2.00. The van der Waals surface area contributed by atoms with E-state index in [0.29, 0.717) is 23.7 Å². The Kier molecular flexibility index (Phi) is 4.50. The molecule has 2 rings (SSSR count). The van der Waals surface area contributed by atoms with Gasteiger partial charge < -0.3 is 10.5 Å². The number of benzene rings is 1. The number of rotatable bonds is 4. The highest BCUT2D eigenvalue weighted by Crippen LogP contribution is 2.21. The number of halogens is 1. The molecule has 0 saturated carbocycles. The molecular formula is C14H19FN2OS. The SMILES string of the molecule is CC1OCCC1N(C)Cc1ccc(C(N)=S)cc1F. The van der Waals surface area contributed by atoms with Gasteiger partial charge in [-0.05, 0) is 26.5 Å². The highest BCUT2D eigenvalue weighted by Gasteiger charge is 2.28. The van der Waals surface area contributed by atoms with Crippen molar-refractivity contribution < 1.29 is 9.13 Å². The van der Waals surface area contributed by atoms with E-state index in [1.165, 1.54) is 6.07 Å². The molecule has 1 fully saturated rings. The maximum absolute atomic E-state index is 14.0. The van der Waals surface area contributed by atoms with Crippen LogP contribution in [0, 0.1) is 5.82 Å². The van der Waals surface area contributed by atoms with Crippen LogP contribution in [0.25, 0.3) is 0 Å². The van der Waals surface area contributed by atoms with E-state index in [9.17, 15) is 4.39 Å². The molecule has 0 amide bonds. The summed E-state index contributed by atoms with van der Waals surface area (Å²) in [6.45, 7) is 3.39. The largest absolute Gasteiger partial charge is 0.389 e. The number of nitrogens with two attached hydrogens (primary N) is 1. The Hall–Kier alpha value is -1.04. The monoisotopic (exact) mass is 282 g/mol. The van der Waals surface area contributed by atoms with Gasteiger partial charge >= 0.3 is 0 Å². The molecule has 1 saturated heterocycles. The van der Waals surface area contributed by atoms with Gasteiger partial charge in [0, 0.05) is 30.3 Å². The first-order chi connectivity index (χ1) is 8.99. The second-order valence-corrected chi connectivity index (χ2v) is 5.46. The topological polar surface area (TPSA) is 38.5 Å². The maximum Gasteiger partial charge on any atom is 0.128 e. The second-order valence-electron chi connectivity index (χ2n) is 5.02. The van der Waals surface area contributed by atoms with Crippen LogP contribution < -0.4 is 5.73 Å². The van der Waals surface area contributed by atoms with Gasteiger partial charge in [0.1, 0.15) is 10.8 Å². The first-order valence-electron chi connectivity index (χ1n) is 6.39. The van der Waals surface area contributed by atoms with Crippen molar-refractivity contribution in [2.24, 2.45) is 5.73 Å². The minimum Gasteiger partial charge on any atom is -0.389 e. The lowest BCUT2D eigenvalue weighted by Crippen LogP contribution is -2.36. The minimum atomic E-state index is -0.260. The van der Waals surface area contributed by atoms with Crippen molar-refractivity contribution in [3.63, 3.8) is 0 Å². The van der Waals surface area contributed by atoms with Gasteiger partial charge in [-0.2, -0.15) is 0 Å². The quantitative estimate of drug-likeness (QED) is 0.858. The van der Waals surface area contributed by atoms with Gasteiger partial charge in [-0.25, -0.2) is 4.39 Å². The summed E-state index contributed by atoms with van der Waals surface area (Å²) in [6, 6.07) is 5.26. The van der Waals surface area contributed by atoms with E-state index in [-0.39, 0.29) is 16.9 Å². The Balaban J connectivity index is 2.08. The van der Waals surface area contributed by atoms with E-state index in [0.717, 1.165) is 13.0 Å². The Morgan fingerprint density at radius 2 is 2.32 bits per heavy atom. The number of hydrogen-bond acceptors (Lipinski definition) is 3. The molecule has 1 aromatic carbocycles. The van der Waals surface area contributed by atoms with Crippen molar-refractivity contribution in [3.05, 3.63) is 35.1 Å². The number of likely N-dealkylation sites (N-methyl/N-ethyl adjacent to an activating group) is 1. The molecule has 0 spiro atoms. The second kappa shape index (κ2) is 5.94. The molecule has 1 aromatic rings. The summed E-state index contributed by atoms with van der Waals surface area (Å²) in [5.74, 6) is -0.260. The lowest BCUT2D eigenvalue weighted by molar-refractivity contribution is 0.0811. The summed E-state index contributed by atoms with van der Waals surface area (Å²) in [5.41, 5.74) is 6.71. The van der Waals surface area contributed by atoms with Gasteiger partial charge in [0.25, 0.3) is 0 Å². The zero-order valence-electron chi connectivity index (χ0n) is 11.2. The normalized spacial score (nSPS) is 22.9. The van der Waals surface area contributed by atoms with Crippen LogP contribution in [-0.2, 0) is 11.3 Å². The molecule has 5 heteroatoms. The fourth-order valence-electron chi connectivity index (χ4n) is 2.51. The minimum absolute atomic E-state index is 0.198. The van der Waals surface area contributed by atoms with Crippen LogP contribution in [0.4, 0.5) is 4.39 Å². The van der Waals surface area contributed by atoms with E-state index in [4.69, 9.17) is 22.7 Å². The highest BCUT2D eigenvalue weighted by molar-refractivity contribution is 7.80. The van der Waals surface area contributed by atoms with Crippen LogP contribution in [0.15, 0.2) is 18.2 Å². The Morgan fingerprint density at radius 1 is 1.58 bits per heavy atom. The summed E-state index contributed by atoms with van der Waals surface area (Å²) >= 11 is 4.84. The molecule has 0 radical (unpaired) electrons. The average molecular weight is 282 g/mol. The Bertz CT molecular complexity index is 481. The maximum atomic E-state index is 14.0. The van der Waals surface area contributed by atoms with Crippen molar-refractivity contribution in [1.82, 2.24) is 4.90 Å². The van der Waals surface area contributed by atoms with Crippen molar-refractivity contribution in [1.29, 1.82) is 0 Å². The number of ether oxygens (including phenoxy) is 1. The zero-order chi connectivity index (χ0) is 14.0. The third kappa shape index (κ3) is 3.29. The van der Waals surface area contributed by atoms with Crippen LogP contribution in [0.2, 0.25) is 0 Å². The van der Waals surface area contributed by atoms with Gasteiger partial charge in [-0.1, -0.05) is 24.4 Å². The third-order valence-corrected chi connectivity index (χ3v) is 3.90. The predicted molar refractivity (Wildman–Crippen MR) is 77.6 cm³/mol. The number of thiocarbonyl (C=S) groups is 1. The van der Waals surface area contributed by atoms with Gasteiger partial charge in [-0.15, -0.1) is 0 Å². The first-order valence-corrected chi connectivity index (χ1v) is 6.80. The van der Waals surface area contributed by atoms with Crippen LogP contribution in [0.5, 0.6) is 0 Å². The Morgan fingerprint density at radius 3 is 2.84 bits per heavy atom. The molecular weight excluding hydrogens is 263 g/mol. The van der Waals surface area contributed by atoms with Crippen LogP contribution in [0.1, 0.15) is 24.5 Å². The van der Waals surface area contributed by atoms with Crippen molar-refractivity contribution in [2.45, 2.75) is 32.0 Å². The van der Waals surface area contributed by atoms with Gasteiger partial charge in [0.15, 0.2) is 0 Å². The summed E-state index contributed by atoms with van der Waals surface area (Å²) in [4.78, 5) is 2.35. The highest BCUT2D eigenvalue weighted by atomic mass is 32.1. The van der Waals surface area contributed by atoms with Crippen LogP contribution >= 0.6 is 12.2 Å². The third-order valence-electron chi connectivity index (χ3n) is 3.66. The fraction of sp³-hybridized carbons (Fsp3) is 0.500. The molecule has 0 aliphatic carbocycles. The van der Waals surface area contributed by atoms with E-state index in [1.807, 2.05) is 7.05 Å². The molecule has 1 aliphatic heterocycles. The van der Waals surface area contributed by atoms with E-state index in [2.05, 4.69) is 11.8 Å². The van der Waals surface area contributed by atoms with Crippen LogP contribution in [0.3, 0.4) is 0 Å². The first kappa shape index (κ1) is 14.4. The number of nitrogens with zero attached hydrogens (tertiary/aromatic N) is 1. The lowest BCUT2D eigenvalue weighted by Gasteiger charge is -2.26. The van der Waals surface area contributed by atoms with Crippen molar-refractivity contribution >= 4 is 17.2 Å². The zero-order valence-corrected chi connectivity index (χ0v) is 12.0. The molecule has 3 nitrogen and oxygen atoms in total. The number of hydrogen-bond donors (Lipinski definition) is 1. The molecule has 0 bridgehead atoms. The predicted octanol–water partition coefficient (Wildman–Crippen LogP) is 2.07. The molecule has 104 valence electrons. The average Bonchev–Trinajstić information content (AvgIpc) is 2.77. The van der Waals surface area contributed by atoms with Gasteiger partial charge in [0.2, 0.25) is 0 Å². The van der Waals surface area contributed by atoms with E-state index in [1.54, 1.807) is 12.1 Å². The standard InChI is InChI=1S/C14H19FN2OS/c1-9-13(5-6-18-9)17(2)8-11-4-3-10(14(16)19)7-12(11)15/h3-4,7,9,13H,5-6,8H2,1-2H3,(H2,16,19). The molecule has 2 unspecified atom stereocenters. The van der Waals surface area contributed by atoms with Crippen molar-refractivity contribution in [2.75, 3.05) is 13.7 Å². The van der Waals surface area contributed by atoms with E-state index >= 15 is 0 Å². The fourth-order valence-corrected chi connectivity index (χ4v) is 2.64. The molecule has 0 aromatic heterocycles. The van der Waals surface area contributed by atoms with Gasteiger partial charge in [0.05, 0.1) is 6.10 Å². The Labute approximate surface area is 118 Å². The molecule has 2 N–H and O–H groups in total. The van der Waals surface area contributed by atoms with Gasteiger partial charge in [-0.3, -0.25) is 4.90 Å². The molecule has 2 atom stereocenters. The summed E-state index contributed by atoms with van der Waals surface area (Å²) in [5, 5.41) is 0. The smallest absolute Gasteiger partial charge is 0.128 e. The molecule has 1 heterocycles. The lowest BCUT2D eigenvalue weighted by atomic mass is 10.1.